The highest BCUT2D eigenvalue weighted by molar-refractivity contribution is 7.14. The first kappa shape index (κ1) is 20.2. The average Bonchev–Trinajstić information content (AvgIpc) is 3.32. The third-order valence-corrected chi connectivity index (χ3v) is 5.78. The van der Waals surface area contributed by atoms with Crippen molar-refractivity contribution in [2.75, 3.05) is 13.4 Å². The number of thiophene rings is 1. The molecule has 0 aliphatic carbocycles. The first-order valence-electron chi connectivity index (χ1n) is 9.49. The van der Waals surface area contributed by atoms with Gasteiger partial charge in [0.2, 0.25) is 6.79 Å². The summed E-state index contributed by atoms with van der Waals surface area (Å²) in [6, 6.07) is 7.16. The molecule has 2 aromatic rings. The number of fused-ring (bicyclic) bond motifs is 1. The van der Waals surface area contributed by atoms with Crippen molar-refractivity contribution >= 4 is 23.2 Å². The number of esters is 1. The van der Waals surface area contributed by atoms with Crippen LogP contribution in [0.5, 0.6) is 11.5 Å². The molecule has 0 bridgehead atoms. The van der Waals surface area contributed by atoms with E-state index in [1.54, 1.807) is 0 Å². The summed E-state index contributed by atoms with van der Waals surface area (Å²) in [4.78, 5) is 26.3. The van der Waals surface area contributed by atoms with Gasteiger partial charge in [-0.1, -0.05) is 26.3 Å². The van der Waals surface area contributed by atoms with E-state index in [0.717, 1.165) is 24.8 Å². The number of ether oxygens (including phenoxy) is 3. The van der Waals surface area contributed by atoms with Gasteiger partial charge in [0.15, 0.2) is 18.1 Å². The van der Waals surface area contributed by atoms with Crippen LogP contribution in [0.2, 0.25) is 0 Å². The van der Waals surface area contributed by atoms with E-state index in [1.165, 1.54) is 21.8 Å². The monoisotopic (exact) mass is 403 g/mol. The summed E-state index contributed by atoms with van der Waals surface area (Å²) in [5.74, 6) is 0.561. The lowest BCUT2D eigenvalue weighted by Gasteiger charge is -2.14. The second kappa shape index (κ2) is 9.10. The van der Waals surface area contributed by atoms with Gasteiger partial charge in [-0.2, -0.15) is 0 Å². The number of carbonyl (C=O) groups is 2. The fourth-order valence-corrected chi connectivity index (χ4v) is 4.31. The van der Waals surface area contributed by atoms with Crippen LogP contribution in [0, 0.1) is 0 Å². The summed E-state index contributed by atoms with van der Waals surface area (Å²) >= 11 is 1.46. The molecule has 1 N–H and O–H groups in total. The van der Waals surface area contributed by atoms with Gasteiger partial charge in [0, 0.05) is 4.88 Å². The highest BCUT2D eigenvalue weighted by Crippen LogP contribution is 2.34. The van der Waals surface area contributed by atoms with E-state index < -0.39 is 5.97 Å². The molecular formula is C21H25NO5S. The van der Waals surface area contributed by atoms with Crippen LogP contribution >= 0.6 is 11.3 Å². The molecule has 0 fully saturated rings. The van der Waals surface area contributed by atoms with Gasteiger partial charge in [-0.25, -0.2) is 4.79 Å². The van der Waals surface area contributed by atoms with E-state index in [4.69, 9.17) is 14.2 Å². The second-order valence-corrected chi connectivity index (χ2v) is 7.78. The average molecular weight is 404 g/mol. The molecule has 150 valence electrons. The Morgan fingerprint density at radius 1 is 1.21 bits per heavy atom. The zero-order chi connectivity index (χ0) is 20.1. The van der Waals surface area contributed by atoms with Gasteiger partial charge >= 0.3 is 5.97 Å². The van der Waals surface area contributed by atoms with Gasteiger partial charge < -0.3 is 19.5 Å². The van der Waals surface area contributed by atoms with E-state index in [2.05, 4.69) is 19.2 Å². The van der Waals surface area contributed by atoms with Crippen molar-refractivity contribution in [3.05, 3.63) is 45.1 Å². The normalized spacial score (nSPS) is 13.2. The van der Waals surface area contributed by atoms with Crippen molar-refractivity contribution in [1.82, 2.24) is 5.32 Å². The van der Waals surface area contributed by atoms with Gasteiger partial charge in [-0.3, -0.25) is 4.79 Å². The molecule has 0 saturated heterocycles. The molecule has 1 atom stereocenters. The Balaban J connectivity index is 1.53. The number of carbonyl (C=O) groups excluding carboxylic acids is 2. The van der Waals surface area contributed by atoms with Crippen molar-refractivity contribution < 1.29 is 23.8 Å². The molecule has 1 aromatic carbocycles. The number of aryl methyl sites for hydroxylation is 2. The summed E-state index contributed by atoms with van der Waals surface area (Å²) < 4.78 is 15.9. The Labute approximate surface area is 168 Å². The summed E-state index contributed by atoms with van der Waals surface area (Å²) in [6.07, 6.45) is 2.86. The van der Waals surface area contributed by atoms with Crippen LogP contribution in [0.4, 0.5) is 0 Å². The van der Waals surface area contributed by atoms with Crippen LogP contribution in [0.3, 0.4) is 0 Å². The van der Waals surface area contributed by atoms with Crippen molar-refractivity contribution in [2.24, 2.45) is 0 Å². The summed E-state index contributed by atoms with van der Waals surface area (Å²) in [7, 11) is 0. The smallest absolute Gasteiger partial charge is 0.348 e. The topological polar surface area (TPSA) is 73.9 Å². The molecule has 1 amide bonds. The number of hydrogen-bond acceptors (Lipinski definition) is 6. The predicted molar refractivity (Wildman–Crippen MR) is 107 cm³/mol. The number of rotatable bonds is 8. The molecule has 0 saturated carbocycles. The van der Waals surface area contributed by atoms with Crippen molar-refractivity contribution in [2.45, 2.75) is 46.1 Å². The minimum absolute atomic E-state index is 0.206. The van der Waals surface area contributed by atoms with Crippen LogP contribution in [-0.2, 0) is 22.4 Å². The SMILES string of the molecule is CCCc1sc(C(=O)OCC(=O)NC(C)c2ccc3c(c2)OCO3)cc1CC. The summed E-state index contributed by atoms with van der Waals surface area (Å²) in [5, 5.41) is 2.83. The highest BCUT2D eigenvalue weighted by Gasteiger charge is 2.19. The van der Waals surface area contributed by atoms with E-state index in [0.29, 0.717) is 16.4 Å². The Morgan fingerprint density at radius 3 is 2.75 bits per heavy atom. The molecule has 6 nitrogen and oxygen atoms in total. The van der Waals surface area contributed by atoms with E-state index >= 15 is 0 Å². The molecule has 2 heterocycles. The fourth-order valence-electron chi connectivity index (χ4n) is 3.06. The minimum atomic E-state index is -0.451. The number of amides is 1. The lowest BCUT2D eigenvalue weighted by Crippen LogP contribution is -2.31. The summed E-state index contributed by atoms with van der Waals surface area (Å²) in [5.41, 5.74) is 2.07. The maximum absolute atomic E-state index is 12.3. The maximum Gasteiger partial charge on any atom is 0.348 e. The molecule has 1 aliphatic heterocycles. The van der Waals surface area contributed by atoms with Crippen molar-refractivity contribution in [3.8, 4) is 11.5 Å². The fraction of sp³-hybridized carbons (Fsp3) is 0.429. The molecule has 28 heavy (non-hydrogen) atoms. The number of hydrogen-bond donors (Lipinski definition) is 1. The molecule has 0 radical (unpaired) electrons. The highest BCUT2D eigenvalue weighted by atomic mass is 32.1. The van der Waals surface area contributed by atoms with Gasteiger partial charge in [0.1, 0.15) is 4.88 Å². The number of benzene rings is 1. The van der Waals surface area contributed by atoms with Crippen LogP contribution in [0.1, 0.15) is 58.9 Å². The molecule has 3 rings (SSSR count). The van der Waals surface area contributed by atoms with Gasteiger partial charge in [-0.15, -0.1) is 11.3 Å². The molecule has 1 aromatic heterocycles. The predicted octanol–water partition coefficient (Wildman–Crippen LogP) is 4.03. The van der Waals surface area contributed by atoms with Crippen LogP contribution < -0.4 is 14.8 Å². The van der Waals surface area contributed by atoms with Crippen molar-refractivity contribution in [1.29, 1.82) is 0 Å². The Morgan fingerprint density at radius 2 is 2.00 bits per heavy atom. The van der Waals surface area contributed by atoms with Crippen LogP contribution in [0.25, 0.3) is 0 Å². The van der Waals surface area contributed by atoms with Crippen molar-refractivity contribution in [3.63, 3.8) is 0 Å². The Bertz CT molecular complexity index is 860. The molecule has 1 aliphatic rings. The lowest BCUT2D eigenvalue weighted by atomic mass is 10.1. The van der Waals surface area contributed by atoms with E-state index in [9.17, 15) is 9.59 Å². The van der Waals surface area contributed by atoms with Gasteiger partial charge in [0.05, 0.1) is 6.04 Å². The van der Waals surface area contributed by atoms with E-state index in [-0.39, 0.29) is 25.3 Å². The lowest BCUT2D eigenvalue weighted by molar-refractivity contribution is -0.124. The maximum atomic E-state index is 12.3. The quantitative estimate of drug-likeness (QED) is 0.674. The summed E-state index contributed by atoms with van der Waals surface area (Å²) in [6.45, 7) is 5.94. The van der Waals surface area contributed by atoms with E-state index in [1.807, 2.05) is 31.2 Å². The Hall–Kier alpha value is -2.54. The molecule has 0 spiro atoms. The molecule has 7 heteroatoms. The van der Waals surface area contributed by atoms with Gasteiger partial charge in [0.25, 0.3) is 5.91 Å². The molecule has 1 unspecified atom stereocenters. The first-order valence-corrected chi connectivity index (χ1v) is 10.3. The number of nitrogens with one attached hydrogen (secondary N) is 1. The zero-order valence-electron chi connectivity index (χ0n) is 16.4. The van der Waals surface area contributed by atoms with Crippen LogP contribution in [-0.4, -0.2) is 25.3 Å². The minimum Gasteiger partial charge on any atom is -0.454 e. The van der Waals surface area contributed by atoms with Crippen LogP contribution in [0.15, 0.2) is 24.3 Å². The third-order valence-electron chi connectivity index (χ3n) is 4.56. The largest absolute Gasteiger partial charge is 0.454 e. The molecular weight excluding hydrogens is 378 g/mol. The third kappa shape index (κ3) is 4.65. The Kier molecular flexibility index (Phi) is 6.57. The first-order chi connectivity index (χ1) is 13.5. The second-order valence-electron chi connectivity index (χ2n) is 6.64. The standard InChI is InChI=1S/C21H25NO5S/c1-4-6-18-14(5-2)10-19(28-18)21(24)25-11-20(23)22-13(3)15-7-8-16-17(9-15)27-12-26-16/h7-10,13H,4-6,11-12H2,1-3H3,(H,22,23). The zero-order valence-corrected chi connectivity index (χ0v) is 17.2. The van der Waals surface area contributed by atoms with Gasteiger partial charge in [-0.05, 0) is 49.1 Å².